The Balaban J connectivity index is 0. The third-order valence-electron chi connectivity index (χ3n) is 2.49. The first-order valence-electron chi connectivity index (χ1n) is 8.89. The Morgan fingerprint density at radius 3 is 1.15 bits per heavy atom. The molecule has 0 radical (unpaired) electrons. The van der Waals surface area contributed by atoms with E-state index in [4.69, 9.17) is 4.74 Å². The molecule has 3 aromatic heterocycles. The zero-order chi connectivity index (χ0) is 20.0. The number of aryl methyl sites for hydroxylation is 2. The lowest BCUT2D eigenvalue weighted by Gasteiger charge is -1.93. The van der Waals surface area contributed by atoms with Gasteiger partial charge in [0.15, 0.2) is 0 Å². The minimum absolute atomic E-state index is 0.799. The second-order valence-electron chi connectivity index (χ2n) is 4.45. The van der Waals surface area contributed by atoms with Gasteiger partial charge in [-0.1, -0.05) is 39.8 Å². The molecule has 0 amide bonds. The highest BCUT2D eigenvalue weighted by Gasteiger charge is 1.81. The molecule has 0 aliphatic carbocycles. The molecule has 0 saturated heterocycles. The van der Waals surface area contributed by atoms with Gasteiger partial charge in [0.25, 0.3) is 0 Å². The normalized spacial score (nSPS) is 7.81. The lowest BCUT2D eigenvalue weighted by atomic mass is 10.3. The molecule has 0 spiro atoms. The first kappa shape index (κ1) is 25.5. The van der Waals surface area contributed by atoms with Crippen LogP contribution in [0.15, 0.2) is 73.6 Å². The number of methoxy groups -OCH3 is 1. The van der Waals surface area contributed by atoms with Gasteiger partial charge in [-0.2, -0.15) is 0 Å². The predicted molar refractivity (Wildman–Crippen MR) is 111 cm³/mol. The standard InChI is InChI=1S/C6H7NO.2C6H7N.2C2H6/c1-8-6-3-2-4-7-5-6;2*1-6-3-2-4-7-5-6;2*1-2/h2-5H,1H3;2*2-5H,1H3;2*1-2H3. The van der Waals surface area contributed by atoms with Crippen LogP contribution in [0.1, 0.15) is 38.8 Å². The zero-order valence-electron chi connectivity index (χ0n) is 17.2. The van der Waals surface area contributed by atoms with E-state index < -0.39 is 0 Å². The number of aromatic nitrogens is 3. The van der Waals surface area contributed by atoms with Crippen LogP contribution in [-0.2, 0) is 0 Å². The molecule has 3 aromatic rings. The van der Waals surface area contributed by atoms with Crippen molar-refractivity contribution in [3.05, 3.63) is 84.7 Å². The van der Waals surface area contributed by atoms with E-state index >= 15 is 0 Å². The minimum atomic E-state index is 0.799. The maximum atomic E-state index is 4.85. The van der Waals surface area contributed by atoms with Crippen LogP contribution in [0.25, 0.3) is 0 Å². The Morgan fingerprint density at radius 2 is 1.00 bits per heavy atom. The second kappa shape index (κ2) is 20.3. The molecule has 0 saturated carbocycles. The predicted octanol–water partition coefficient (Wildman–Crippen LogP) is 5.92. The van der Waals surface area contributed by atoms with Crippen LogP contribution in [0, 0.1) is 13.8 Å². The van der Waals surface area contributed by atoms with Crippen molar-refractivity contribution < 1.29 is 4.74 Å². The molecule has 26 heavy (non-hydrogen) atoms. The van der Waals surface area contributed by atoms with E-state index in [0.717, 1.165) is 5.75 Å². The minimum Gasteiger partial charge on any atom is -0.495 e. The monoisotopic (exact) mass is 355 g/mol. The average molecular weight is 356 g/mol. The summed E-state index contributed by atoms with van der Waals surface area (Å²) in [6.07, 6.45) is 10.6. The van der Waals surface area contributed by atoms with Crippen LogP contribution in [0.2, 0.25) is 0 Å². The molecule has 3 rings (SSSR count). The van der Waals surface area contributed by atoms with E-state index in [-0.39, 0.29) is 0 Å². The fourth-order valence-corrected chi connectivity index (χ4v) is 1.36. The molecular weight excluding hydrogens is 322 g/mol. The molecule has 4 heteroatoms. The highest BCUT2D eigenvalue weighted by atomic mass is 16.5. The number of ether oxygens (including phenoxy) is 1. The number of pyridine rings is 3. The topological polar surface area (TPSA) is 47.9 Å². The second-order valence-corrected chi connectivity index (χ2v) is 4.45. The Bertz CT molecular complexity index is 565. The van der Waals surface area contributed by atoms with Gasteiger partial charge in [-0.3, -0.25) is 15.0 Å². The van der Waals surface area contributed by atoms with Crippen molar-refractivity contribution >= 4 is 0 Å². The Kier molecular flexibility index (Phi) is 19.9. The van der Waals surface area contributed by atoms with Crippen LogP contribution in [0.4, 0.5) is 0 Å². The molecule has 3 heterocycles. The van der Waals surface area contributed by atoms with Crippen molar-refractivity contribution in [1.82, 2.24) is 15.0 Å². The van der Waals surface area contributed by atoms with Gasteiger partial charge in [-0.05, 0) is 49.2 Å². The quantitative estimate of drug-likeness (QED) is 0.543. The van der Waals surface area contributed by atoms with Gasteiger partial charge < -0.3 is 4.74 Å². The van der Waals surface area contributed by atoms with Gasteiger partial charge in [0.05, 0.1) is 13.3 Å². The average Bonchev–Trinajstić information content (AvgIpc) is 2.74. The van der Waals surface area contributed by atoms with Crippen molar-refractivity contribution in [2.24, 2.45) is 0 Å². The summed E-state index contributed by atoms with van der Waals surface area (Å²) < 4.78 is 4.85. The molecule has 0 bridgehead atoms. The molecule has 0 aliphatic heterocycles. The van der Waals surface area contributed by atoms with E-state index in [9.17, 15) is 0 Å². The summed E-state index contributed by atoms with van der Waals surface area (Å²) in [7, 11) is 1.62. The first-order valence-corrected chi connectivity index (χ1v) is 8.89. The summed E-state index contributed by atoms with van der Waals surface area (Å²) in [4.78, 5) is 11.6. The summed E-state index contributed by atoms with van der Waals surface area (Å²) in [5.41, 5.74) is 2.42. The Labute approximate surface area is 159 Å². The smallest absolute Gasteiger partial charge is 0.137 e. The summed E-state index contributed by atoms with van der Waals surface area (Å²) in [6.45, 7) is 12.0. The first-order chi connectivity index (χ1) is 12.7. The van der Waals surface area contributed by atoms with Gasteiger partial charge in [-0.25, -0.2) is 0 Å². The molecular formula is C22H33N3O. The zero-order valence-corrected chi connectivity index (χ0v) is 17.2. The van der Waals surface area contributed by atoms with E-state index in [1.165, 1.54) is 11.1 Å². The lowest BCUT2D eigenvalue weighted by molar-refractivity contribution is 0.413. The van der Waals surface area contributed by atoms with Gasteiger partial charge >= 0.3 is 0 Å². The molecule has 4 nitrogen and oxygen atoms in total. The fraction of sp³-hybridized carbons (Fsp3) is 0.318. The fourth-order valence-electron chi connectivity index (χ4n) is 1.36. The Morgan fingerprint density at radius 1 is 0.615 bits per heavy atom. The van der Waals surface area contributed by atoms with Crippen LogP contribution < -0.4 is 4.74 Å². The third kappa shape index (κ3) is 16.1. The van der Waals surface area contributed by atoms with E-state index in [0.29, 0.717) is 0 Å². The van der Waals surface area contributed by atoms with Gasteiger partial charge in [0, 0.05) is 31.0 Å². The number of hydrogen-bond acceptors (Lipinski definition) is 4. The highest BCUT2D eigenvalue weighted by Crippen LogP contribution is 2.02. The SMILES string of the molecule is CC.CC.COc1cccnc1.Cc1cccnc1.Cc1cccnc1. The third-order valence-corrected chi connectivity index (χ3v) is 2.49. The van der Waals surface area contributed by atoms with Crippen molar-refractivity contribution in [2.45, 2.75) is 41.5 Å². The van der Waals surface area contributed by atoms with Crippen molar-refractivity contribution in [2.75, 3.05) is 7.11 Å². The van der Waals surface area contributed by atoms with Gasteiger partial charge in [-0.15, -0.1) is 0 Å². The summed E-state index contributed by atoms with van der Waals surface area (Å²) >= 11 is 0. The van der Waals surface area contributed by atoms with Crippen molar-refractivity contribution in [1.29, 1.82) is 0 Å². The highest BCUT2D eigenvalue weighted by molar-refractivity contribution is 5.14. The summed E-state index contributed by atoms with van der Waals surface area (Å²) in [5.74, 6) is 0.799. The molecule has 142 valence electrons. The maximum absolute atomic E-state index is 4.85. The van der Waals surface area contributed by atoms with Crippen LogP contribution in [-0.4, -0.2) is 22.1 Å². The van der Waals surface area contributed by atoms with Gasteiger partial charge in [0.2, 0.25) is 0 Å². The molecule has 0 atom stereocenters. The number of nitrogens with zero attached hydrogens (tertiary/aromatic N) is 3. The summed E-state index contributed by atoms with van der Waals surface area (Å²) in [6, 6.07) is 11.6. The molecule has 0 unspecified atom stereocenters. The summed E-state index contributed by atoms with van der Waals surface area (Å²) in [5, 5.41) is 0. The Hall–Kier alpha value is -2.75. The number of rotatable bonds is 1. The maximum Gasteiger partial charge on any atom is 0.137 e. The lowest BCUT2D eigenvalue weighted by Crippen LogP contribution is -1.80. The van der Waals surface area contributed by atoms with Gasteiger partial charge in [0.1, 0.15) is 5.75 Å². The van der Waals surface area contributed by atoms with Crippen molar-refractivity contribution in [3.63, 3.8) is 0 Å². The molecule has 0 aromatic carbocycles. The molecule has 0 aliphatic rings. The van der Waals surface area contributed by atoms with Crippen LogP contribution in [0.5, 0.6) is 5.75 Å². The van der Waals surface area contributed by atoms with Crippen LogP contribution >= 0.6 is 0 Å². The largest absolute Gasteiger partial charge is 0.495 e. The molecule has 0 fully saturated rings. The molecule has 0 N–H and O–H groups in total. The number of hydrogen-bond donors (Lipinski definition) is 0. The van der Waals surface area contributed by atoms with Crippen molar-refractivity contribution in [3.8, 4) is 5.75 Å². The van der Waals surface area contributed by atoms with Crippen LogP contribution in [0.3, 0.4) is 0 Å². The van der Waals surface area contributed by atoms with E-state index in [2.05, 4.69) is 15.0 Å². The van der Waals surface area contributed by atoms with E-state index in [1.54, 1.807) is 31.9 Å². The van der Waals surface area contributed by atoms with E-state index in [1.807, 2.05) is 90.3 Å².